The maximum absolute atomic E-state index is 6.15. The van der Waals surface area contributed by atoms with Crippen LogP contribution in [0, 0.1) is 0 Å². The highest BCUT2D eigenvalue weighted by Crippen LogP contribution is 2.27. The summed E-state index contributed by atoms with van der Waals surface area (Å²) in [6.45, 7) is 8.80. The van der Waals surface area contributed by atoms with Crippen LogP contribution in [0.15, 0.2) is 53.0 Å². The van der Waals surface area contributed by atoms with E-state index >= 15 is 0 Å². The smallest absolute Gasteiger partial charge is 0.0240 e. The van der Waals surface area contributed by atoms with Crippen LogP contribution in [-0.2, 0) is 18.5 Å². The predicted octanol–water partition coefficient (Wildman–Crippen LogP) is 6.02. The molecule has 0 atom stereocenters. The fourth-order valence-electron chi connectivity index (χ4n) is 4.00. The second-order valence-corrected chi connectivity index (χ2v) is 9.97. The SMILES string of the molecule is CC(C)(C)c1ccc(CN(Cc2cccc(Br)c2)C2CCC(N)CC2)cc1. The van der Waals surface area contributed by atoms with Gasteiger partial charge in [0.15, 0.2) is 0 Å². The van der Waals surface area contributed by atoms with Gasteiger partial charge in [-0.3, -0.25) is 4.90 Å². The Morgan fingerprint density at radius 3 is 2.15 bits per heavy atom. The van der Waals surface area contributed by atoms with Gasteiger partial charge in [0, 0.05) is 29.6 Å². The first kappa shape index (κ1) is 20.6. The highest BCUT2D eigenvalue weighted by Gasteiger charge is 2.25. The van der Waals surface area contributed by atoms with E-state index in [4.69, 9.17) is 5.73 Å². The van der Waals surface area contributed by atoms with E-state index in [9.17, 15) is 0 Å². The largest absolute Gasteiger partial charge is 0.328 e. The topological polar surface area (TPSA) is 29.3 Å². The maximum atomic E-state index is 6.15. The van der Waals surface area contributed by atoms with Crippen LogP contribution in [0.3, 0.4) is 0 Å². The normalized spacial score (nSPS) is 20.8. The van der Waals surface area contributed by atoms with Crippen molar-refractivity contribution in [1.29, 1.82) is 0 Å². The third-order valence-electron chi connectivity index (χ3n) is 5.74. The molecule has 0 bridgehead atoms. The molecule has 2 N–H and O–H groups in total. The van der Waals surface area contributed by atoms with Gasteiger partial charge < -0.3 is 5.73 Å². The van der Waals surface area contributed by atoms with E-state index in [1.165, 1.54) is 29.5 Å². The Bertz CT molecular complexity index is 725. The molecule has 2 aromatic carbocycles. The molecule has 0 aliphatic heterocycles. The molecular formula is C24H33BrN2. The zero-order chi connectivity index (χ0) is 19.4. The van der Waals surface area contributed by atoms with Crippen molar-refractivity contribution in [3.63, 3.8) is 0 Å². The molecular weight excluding hydrogens is 396 g/mol. The Morgan fingerprint density at radius 2 is 1.56 bits per heavy atom. The second kappa shape index (κ2) is 8.89. The highest BCUT2D eigenvalue weighted by atomic mass is 79.9. The highest BCUT2D eigenvalue weighted by molar-refractivity contribution is 9.10. The first-order valence-corrected chi connectivity index (χ1v) is 10.9. The van der Waals surface area contributed by atoms with Gasteiger partial charge in [-0.05, 0) is 59.9 Å². The molecule has 27 heavy (non-hydrogen) atoms. The molecule has 2 nitrogen and oxygen atoms in total. The molecule has 1 fully saturated rings. The van der Waals surface area contributed by atoms with Gasteiger partial charge in [-0.25, -0.2) is 0 Å². The Kier molecular flexibility index (Phi) is 6.78. The molecule has 0 saturated heterocycles. The number of benzene rings is 2. The minimum atomic E-state index is 0.202. The summed E-state index contributed by atoms with van der Waals surface area (Å²) in [4.78, 5) is 2.65. The van der Waals surface area contributed by atoms with E-state index in [2.05, 4.69) is 90.1 Å². The van der Waals surface area contributed by atoms with Crippen molar-refractivity contribution in [3.8, 4) is 0 Å². The third kappa shape index (κ3) is 5.91. The molecule has 2 aromatic rings. The molecule has 0 aromatic heterocycles. The van der Waals surface area contributed by atoms with Gasteiger partial charge in [-0.15, -0.1) is 0 Å². The van der Waals surface area contributed by atoms with Gasteiger partial charge in [0.1, 0.15) is 0 Å². The number of rotatable bonds is 5. The minimum Gasteiger partial charge on any atom is -0.328 e. The molecule has 1 saturated carbocycles. The Morgan fingerprint density at radius 1 is 0.926 bits per heavy atom. The molecule has 0 radical (unpaired) electrons. The van der Waals surface area contributed by atoms with Gasteiger partial charge in [0.25, 0.3) is 0 Å². The van der Waals surface area contributed by atoms with Crippen LogP contribution >= 0.6 is 15.9 Å². The van der Waals surface area contributed by atoms with E-state index in [-0.39, 0.29) is 5.41 Å². The van der Waals surface area contributed by atoms with E-state index in [0.717, 1.165) is 30.4 Å². The first-order valence-electron chi connectivity index (χ1n) is 10.1. The van der Waals surface area contributed by atoms with Crippen LogP contribution in [0.1, 0.15) is 63.1 Å². The predicted molar refractivity (Wildman–Crippen MR) is 119 cm³/mol. The summed E-state index contributed by atoms with van der Waals surface area (Å²) in [7, 11) is 0. The zero-order valence-electron chi connectivity index (χ0n) is 16.9. The molecule has 0 unspecified atom stereocenters. The summed E-state index contributed by atoms with van der Waals surface area (Å²) < 4.78 is 1.15. The summed E-state index contributed by atoms with van der Waals surface area (Å²) in [6.07, 6.45) is 4.69. The maximum Gasteiger partial charge on any atom is 0.0240 e. The van der Waals surface area contributed by atoms with E-state index in [1.54, 1.807) is 0 Å². The van der Waals surface area contributed by atoms with Crippen molar-refractivity contribution < 1.29 is 0 Å². The molecule has 0 heterocycles. The third-order valence-corrected chi connectivity index (χ3v) is 6.23. The van der Waals surface area contributed by atoms with Crippen molar-refractivity contribution in [1.82, 2.24) is 4.90 Å². The van der Waals surface area contributed by atoms with E-state index in [1.807, 2.05) is 0 Å². The molecule has 0 spiro atoms. The number of nitrogens with zero attached hydrogens (tertiary/aromatic N) is 1. The quantitative estimate of drug-likeness (QED) is 0.630. The first-order chi connectivity index (χ1) is 12.8. The van der Waals surface area contributed by atoms with Gasteiger partial charge in [-0.1, -0.05) is 73.1 Å². The van der Waals surface area contributed by atoms with Gasteiger partial charge >= 0.3 is 0 Å². The second-order valence-electron chi connectivity index (χ2n) is 9.05. The average Bonchev–Trinajstić information content (AvgIpc) is 2.62. The lowest BCUT2D eigenvalue weighted by molar-refractivity contribution is 0.134. The number of hydrogen-bond acceptors (Lipinski definition) is 2. The van der Waals surface area contributed by atoms with Crippen LogP contribution in [0.5, 0.6) is 0 Å². The molecule has 3 rings (SSSR count). The Labute approximate surface area is 173 Å². The van der Waals surface area contributed by atoms with Gasteiger partial charge in [0.2, 0.25) is 0 Å². The summed E-state index contributed by atoms with van der Waals surface area (Å²) in [5.41, 5.74) is 10.5. The van der Waals surface area contributed by atoms with Crippen molar-refractivity contribution in [2.75, 3.05) is 0 Å². The fourth-order valence-corrected chi connectivity index (χ4v) is 4.44. The average molecular weight is 429 g/mol. The molecule has 0 amide bonds. The number of nitrogens with two attached hydrogens (primary N) is 1. The lowest BCUT2D eigenvalue weighted by atomic mass is 9.86. The Hall–Kier alpha value is -1.16. The number of halogens is 1. The summed E-state index contributed by atoms with van der Waals surface area (Å²) in [6, 6.07) is 18.9. The molecule has 1 aliphatic carbocycles. The van der Waals surface area contributed by atoms with Crippen LogP contribution in [-0.4, -0.2) is 17.0 Å². The van der Waals surface area contributed by atoms with Gasteiger partial charge in [0.05, 0.1) is 0 Å². The van der Waals surface area contributed by atoms with E-state index < -0.39 is 0 Å². The van der Waals surface area contributed by atoms with Crippen LogP contribution in [0.4, 0.5) is 0 Å². The summed E-state index contributed by atoms with van der Waals surface area (Å²) in [5.74, 6) is 0. The van der Waals surface area contributed by atoms with Crippen molar-refractivity contribution in [2.24, 2.45) is 5.73 Å². The number of hydrogen-bond donors (Lipinski definition) is 1. The van der Waals surface area contributed by atoms with E-state index in [0.29, 0.717) is 12.1 Å². The van der Waals surface area contributed by atoms with Crippen molar-refractivity contribution in [3.05, 3.63) is 69.7 Å². The standard InChI is InChI=1S/C24H33BrN2/c1-24(2,3)20-9-7-18(8-10-20)16-27(23-13-11-22(26)12-14-23)17-19-5-4-6-21(25)15-19/h4-10,15,22-23H,11-14,16-17,26H2,1-3H3. The molecule has 1 aliphatic rings. The van der Waals surface area contributed by atoms with Crippen LogP contribution in [0.25, 0.3) is 0 Å². The zero-order valence-corrected chi connectivity index (χ0v) is 18.5. The lowest BCUT2D eigenvalue weighted by Crippen LogP contribution is -2.40. The molecule has 146 valence electrons. The summed E-state index contributed by atoms with van der Waals surface area (Å²) >= 11 is 3.61. The lowest BCUT2D eigenvalue weighted by Gasteiger charge is -2.36. The minimum absolute atomic E-state index is 0.202. The Balaban J connectivity index is 1.76. The summed E-state index contributed by atoms with van der Waals surface area (Å²) in [5, 5.41) is 0. The van der Waals surface area contributed by atoms with Crippen molar-refractivity contribution in [2.45, 2.75) is 77.0 Å². The fraction of sp³-hybridized carbons (Fsp3) is 0.500. The van der Waals surface area contributed by atoms with Crippen LogP contribution in [0.2, 0.25) is 0 Å². The van der Waals surface area contributed by atoms with Crippen LogP contribution < -0.4 is 5.73 Å². The molecule has 3 heteroatoms. The van der Waals surface area contributed by atoms with Gasteiger partial charge in [-0.2, -0.15) is 0 Å². The van der Waals surface area contributed by atoms with Crippen molar-refractivity contribution >= 4 is 15.9 Å². The monoisotopic (exact) mass is 428 g/mol.